The van der Waals surface area contributed by atoms with Crippen molar-refractivity contribution < 1.29 is 0 Å². The molecule has 0 spiro atoms. The summed E-state index contributed by atoms with van der Waals surface area (Å²) in [6.07, 6.45) is 0. The van der Waals surface area contributed by atoms with Crippen molar-refractivity contribution in [2.75, 3.05) is 27.2 Å². The molecule has 0 radical (unpaired) electrons. The Labute approximate surface area is 71.9 Å². The van der Waals surface area contributed by atoms with Crippen LogP contribution in [0.15, 0.2) is 11.4 Å². The Morgan fingerprint density at radius 1 is 1.17 bits per heavy atom. The summed E-state index contributed by atoms with van der Waals surface area (Å²) in [5.74, 6) is 0.736. The Kier molecular flexibility index (Phi) is 2.21. The van der Waals surface area contributed by atoms with Crippen molar-refractivity contribution in [2.45, 2.75) is 0 Å². The minimum Gasteiger partial charge on any atom is -0.358 e. The molecule has 0 saturated carbocycles. The van der Waals surface area contributed by atoms with Crippen LogP contribution in [0, 0.1) is 22.7 Å². The van der Waals surface area contributed by atoms with Crippen molar-refractivity contribution in [3.63, 3.8) is 0 Å². The first-order valence-corrected chi connectivity index (χ1v) is 3.67. The van der Waals surface area contributed by atoms with Crippen molar-refractivity contribution in [1.82, 2.24) is 9.80 Å². The van der Waals surface area contributed by atoms with E-state index in [1.54, 1.807) is 0 Å². The lowest BCUT2D eigenvalue weighted by Crippen LogP contribution is -2.18. The molecule has 1 aliphatic heterocycles. The average molecular weight is 162 g/mol. The molecule has 0 aromatic rings. The molecule has 12 heavy (non-hydrogen) atoms. The van der Waals surface area contributed by atoms with Gasteiger partial charge in [0.1, 0.15) is 18.0 Å². The van der Waals surface area contributed by atoms with Gasteiger partial charge >= 0.3 is 0 Å². The zero-order valence-electron chi connectivity index (χ0n) is 7.20. The molecule has 0 aliphatic carbocycles. The highest BCUT2D eigenvalue weighted by Crippen LogP contribution is 2.17. The van der Waals surface area contributed by atoms with Crippen LogP contribution in [0.5, 0.6) is 0 Å². The van der Waals surface area contributed by atoms with Gasteiger partial charge in [-0.3, -0.25) is 0 Å². The smallest absolute Gasteiger partial charge is 0.169 e. The van der Waals surface area contributed by atoms with E-state index in [1.807, 2.05) is 36.0 Å². The number of nitriles is 2. The molecule has 0 amide bonds. The minimum absolute atomic E-state index is 0.192. The zero-order chi connectivity index (χ0) is 9.14. The maximum absolute atomic E-state index is 8.64. The lowest BCUT2D eigenvalue weighted by atomic mass is 10.3. The van der Waals surface area contributed by atoms with Gasteiger partial charge in [-0.25, -0.2) is 0 Å². The molecule has 1 aliphatic rings. The van der Waals surface area contributed by atoms with Crippen molar-refractivity contribution in [3.05, 3.63) is 11.4 Å². The third-order valence-corrected chi connectivity index (χ3v) is 1.94. The van der Waals surface area contributed by atoms with Crippen LogP contribution in [0.2, 0.25) is 0 Å². The molecule has 0 unspecified atom stereocenters. The lowest BCUT2D eigenvalue weighted by Gasteiger charge is -2.16. The van der Waals surface area contributed by atoms with Crippen LogP contribution >= 0.6 is 0 Å². The number of allylic oxidation sites excluding steroid dienone is 1. The minimum atomic E-state index is 0.192. The lowest BCUT2D eigenvalue weighted by molar-refractivity contribution is 0.420. The number of nitrogens with zero attached hydrogens (tertiary/aromatic N) is 4. The fourth-order valence-electron chi connectivity index (χ4n) is 1.31. The van der Waals surface area contributed by atoms with Crippen LogP contribution in [-0.4, -0.2) is 37.0 Å². The second-order valence-electron chi connectivity index (χ2n) is 2.77. The quantitative estimate of drug-likeness (QED) is 0.475. The molecular formula is C8H10N4. The monoisotopic (exact) mass is 162 g/mol. The van der Waals surface area contributed by atoms with Crippen LogP contribution in [0.3, 0.4) is 0 Å². The molecule has 0 aromatic carbocycles. The number of rotatable bonds is 0. The van der Waals surface area contributed by atoms with E-state index in [4.69, 9.17) is 10.5 Å². The Morgan fingerprint density at radius 3 is 1.92 bits per heavy atom. The predicted molar refractivity (Wildman–Crippen MR) is 43.5 cm³/mol. The van der Waals surface area contributed by atoms with Crippen molar-refractivity contribution in [2.24, 2.45) is 0 Å². The largest absolute Gasteiger partial charge is 0.358 e. The van der Waals surface area contributed by atoms with Gasteiger partial charge in [0.2, 0.25) is 0 Å². The number of hydrogen-bond acceptors (Lipinski definition) is 4. The van der Waals surface area contributed by atoms with E-state index in [-0.39, 0.29) is 5.57 Å². The van der Waals surface area contributed by atoms with Crippen LogP contribution in [0.4, 0.5) is 0 Å². The topological polar surface area (TPSA) is 54.1 Å². The van der Waals surface area contributed by atoms with Gasteiger partial charge in [-0.1, -0.05) is 0 Å². The van der Waals surface area contributed by atoms with Crippen LogP contribution in [-0.2, 0) is 0 Å². The van der Waals surface area contributed by atoms with Crippen LogP contribution in [0.1, 0.15) is 0 Å². The Hall–Kier alpha value is -1.68. The summed E-state index contributed by atoms with van der Waals surface area (Å²) in [4.78, 5) is 3.84. The van der Waals surface area contributed by atoms with Crippen molar-refractivity contribution in [1.29, 1.82) is 10.5 Å². The summed E-state index contributed by atoms with van der Waals surface area (Å²) < 4.78 is 0. The number of likely N-dealkylation sites (N-methyl/N-ethyl adjacent to an activating group) is 2. The molecular weight excluding hydrogens is 152 g/mol. The van der Waals surface area contributed by atoms with Crippen molar-refractivity contribution >= 4 is 0 Å². The van der Waals surface area contributed by atoms with Crippen molar-refractivity contribution in [3.8, 4) is 12.1 Å². The molecule has 0 N–H and O–H groups in total. The maximum atomic E-state index is 8.64. The summed E-state index contributed by atoms with van der Waals surface area (Å²) in [6, 6.07) is 3.78. The molecule has 1 fully saturated rings. The molecule has 1 heterocycles. The normalized spacial score (nSPS) is 15.8. The molecule has 62 valence electrons. The summed E-state index contributed by atoms with van der Waals surface area (Å²) >= 11 is 0. The molecule has 4 heteroatoms. The second-order valence-corrected chi connectivity index (χ2v) is 2.77. The second kappa shape index (κ2) is 3.15. The molecule has 0 aromatic heterocycles. The third kappa shape index (κ3) is 1.19. The highest BCUT2D eigenvalue weighted by molar-refractivity contribution is 5.39. The van der Waals surface area contributed by atoms with Gasteiger partial charge in [0, 0.05) is 27.2 Å². The zero-order valence-corrected chi connectivity index (χ0v) is 7.20. The van der Waals surface area contributed by atoms with Gasteiger partial charge in [-0.2, -0.15) is 10.5 Å². The van der Waals surface area contributed by atoms with Gasteiger partial charge in [0.15, 0.2) is 5.57 Å². The summed E-state index contributed by atoms with van der Waals surface area (Å²) in [6.45, 7) is 1.75. The highest BCUT2D eigenvalue weighted by Gasteiger charge is 2.22. The Bertz CT molecular complexity index is 263. The number of hydrogen-bond donors (Lipinski definition) is 0. The van der Waals surface area contributed by atoms with Gasteiger partial charge in [-0.05, 0) is 0 Å². The van der Waals surface area contributed by atoms with E-state index in [1.165, 1.54) is 0 Å². The Morgan fingerprint density at radius 2 is 1.58 bits per heavy atom. The van der Waals surface area contributed by atoms with E-state index in [0.717, 1.165) is 18.9 Å². The van der Waals surface area contributed by atoms with Gasteiger partial charge in [0.25, 0.3) is 0 Å². The first-order valence-electron chi connectivity index (χ1n) is 3.67. The molecule has 0 bridgehead atoms. The summed E-state index contributed by atoms with van der Waals surface area (Å²) in [5.41, 5.74) is 0.192. The van der Waals surface area contributed by atoms with E-state index in [9.17, 15) is 0 Å². The maximum Gasteiger partial charge on any atom is 0.169 e. The first-order chi connectivity index (χ1) is 5.70. The van der Waals surface area contributed by atoms with Gasteiger partial charge in [-0.15, -0.1) is 0 Å². The third-order valence-electron chi connectivity index (χ3n) is 1.94. The van der Waals surface area contributed by atoms with Crippen LogP contribution in [0.25, 0.3) is 0 Å². The average Bonchev–Trinajstić information content (AvgIpc) is 2.38. The van der Waals surface area contributed by atoms with E-state index in [2.05, 4.69) is 0 Å². The molecule has 0 atom stereocenters. The summed E-state index contributed by atoms with van der Waals surface area (Å²) in [5, 5.41) is 17.3. The van der Waals surface area contributed by atoms with E-state index < -0.39 is 0 Å². The molecule has 1 saturated heterocycles. The predicted octanol–water partition coefficient (Wildman–Crippen LogP) is 0.122. The molecule has 1 rings (SSSR count). The standard InChI is InChI=1S/C8H10N4/c1-11-3-4-12(2)8(11)7(5-9)6-10/h3-4H2,1-2H3. The van der Waals surface area contributed by atoms with Gasteiger partial charge < -0.3 is 9.80 Å². The Balaban J connectivity index is 3.08. The van der Waals surface area contributed by atoms with Gasteiger partial charge in [0.05, 0.1) is 0 Å². The van der Waals surface area contributed by atoms with E-state index >= 15 is 0 Å². The SMILES string of the molecule is CN1CCN(C)C1=C(C#N)C#N. The van der Waals surface area contributed by atoms with E-state index in [0.29, 0.717) is 0 Å². The first kappa shape index (κ1) is 8.42. The highest BCUT2D eigenvalue weighted by atomic mass is 15.4. The van der Waals surface area contributed by atoms with Crippen LogP contribution < -0.4 is 0 Å². The fraction of sp³-hybridized carbons (Fsp3) is 0.500. The molecule has 4 nitrogen and oxygen atoms in total. The fourth-order valence-corrected chi connectivity index (χ4v) is 1.31. The summed E-state index contributed by atoms with van der Waals surface area (Å²) in [7, 11) is 3.76.